The molecule has 2 rings (SSSR count). The number of benzene rings is 1. The topological polar surface area (TPSA) is 61.4 Å². The van der Waals surface area contributed by atoms with Gasteiger partial charge in [-0.25, -0.2) is 4.99 Å². The van der Waals surface area contributed by atoms with Gasteiger partial charge in [0.15, 0.2) is 5.96 Å². The van der Waals surface area contributed by atoms with Crippen molar-refractivity contribution in [3.8, 4) is 5.75 Å². The van der Waals surface area contributed by atoms with E-state index in [2.05, 4.69) is 66.3 Å². The summed E-state index contributed by atoms with van der Waals surface area (Å²) in [6, 6.07) is 6.33. The molecule has 32 heavy (non-hydrogen) atoms. The van der Waals surface area contributed by atoms with Crippen LogP contribution in [0.4, 0.5) is 0 Å². The summed E-state index contributed by atoms with van der Waals surface area (Å²) in [6.45, 7) is 19.5. The Bertz CT molecular complexity index is 674. The molecule has 0 amide bonds. The van der Waals surface area contributed by atoms with Crippen molar-refractivity contribution in [2.75, 3.05) is 72.7 Å². The molecule has 0 saturated carbocycles. The van der Waals surface area contributed by atoms with E-state index in [1.807, 2.05) is 0 Å². The summed E-state index contributed by atoms with van der Waals surface area (Å²) in [5.41, 5.74) is 2.30. The highest BCUT2D eigenvalue weighted by atomic mass is 16.5. The van der Waals surface area contributed by atoms with Gasteiger partial charge in [-0.15, -0.1) is 0 Å². The summed E-state index contributed by atoms with van der Waals surface area (Å²) in [4.78, 5) is 9.94. The lowest BCUT2D eigenvalue weighted by molar-refractivity contribution is 0.124. The van der Waals surface area contributed by atoms with Crippen LogP contribution in [0.15, 0.2) is 23.2 Å². The third-order valence-corrected chi connectivity index (χ3v) is 5.82. The molecule has 1 aromatic carbocycles. The zero-order chi connectivity index (χ0) is 23.2. The van der Waals surface area contributed by atoms with E-state index < -0.39 is 0 Å². The molecule has 0 radical (unpaired) electrons. The van der Waals surface area contributed by atoms with Crippen molar-refractivity contribution >= 4 is 5.96 Å². The SMILES string of the molecule is CCNC(=NCc1ccc(C)cc1OCCCOC)NCC(C)CN1CCN(CC)CC1. The normalized spacial score (nSPS) is 16.7. The minimum absolute atomic E-state index is 0.561. The number of hydrogen-bond donors (Lipinski definition) is 2. The highest BCUT2D eigenvalue weighted by Crippen LogP contribution is 2.21. The van der Waals surface area contributed by atoms with Crippen LogP contribution in [-0.4, -0.2) is 88.4 Å². The Balaban J connectivity index is 1.86. The van der Waals surface area contributed by atoms with Crippen molar-refractivity contribution in [3.63, 3.8) is 0 Å². The zero-order valence-electron chi connectivity index (χ0n) is 21.0. The van der Waals surface area contributed by atoms with E-state index in [1.54, 1.807) is 7.11 Å². The summed E-state index contributed by atoms with van der Waals surface area (Å²) < 4.78 is 11.1. The molecular weight excluding hydrogens is 402 g/mol. The molecular formula is C25H45N5O2. The van der Waals surface area contributed by atoms with Gasteiger partial charge in [0.2, 0.25) is 0 Å². The maximum atomic E-state index is 6.01. The number of methoxy groups -OCH3 is 1. The van der Waals surface area contributed by atoms with Crippen molar-refractivity contribution in [1.82, 2.24) is 20.4 Å². The molecule has 1 aliphatic heterocycles. The molecule has 7 heteroatoms. The van der Waals surface area contributed by atoms with Gasteiger partial charge in [0.1, 0.15) is 5.75 Å². The number of likely N-dealkylation sites (N-methyl/N-ethyl adjacent to an activating group) is 1. The Kier molecular flexibility index (Phi) is 12.5. The number of aryl methyl sites for hydroxylation is 1. The average Bonchev–Trinajstić information content (AvgIpc) is 2.80. The molecule has 0 aliphatic carbocycles. The summed E-state index contributed by atoms with van der Waals surface area (Å²) in [5.74, 6) is 2.34. The first kappa shape index (κ1) is 26.4. The van der Waals surface area contributed by atoms with Gasteiger partial charge in [-0.05, 0) is 37.9 Å². The van der Waals surface area contributed by atoms with Crippen molar-refractivity contribution in [1.29, 1.82) is 0 Å². The van der Waals surface area contributed by atoms with Crippen LogP contribution in [0.5, 0.6) is 5.75 Å². The van der Waals surface area contributed by atoms with Crippen molar-refractivity contribution in [3.05, 3.63) is 29.3 Å². The Morgan fingerprint density at radius 1 is 1.09 bits per heavy atom. The quantitative estimate of drug-likeness (QED) is 0.275. The molecule has 1 heterocycles. The first-order valence-corrected chi connectivity index (χ1v) is 12.2. The summed E-state index contributed by atoms with van der Waals surface area (Å²) in [5, 5.41) is 6.91. The molecule has 182 valence electrons. The fraction of sp³-hybridized carbons (Fsp3) is 0.720. The Labute approximate surface area is 195 Å². The third kappa shape index (κ3) is 9.76. The minimum Gasteiger partial charge on any atom is -0.493 e. The Morgan fingerprint density at radius 2 is 1.84 bits per heavy atom. The lowest BCUT2D eigenvalue weighted by Gasteiger charge is -2.35. The van der Waals surface area contributed by atoms with E-state index in [1.165, 1.54) is 31.7 Å². The predicted octanol–water partition coefficient (Wildman–Crippen LogP) is 2.74. The Morgan fingerprint density at radius 3 is 2.53 bits per heavy atom. The fourth-order valence-electron chi connectivity index (χ4n) is 3.88. The minimum atomic E-state index is 0.561. The standard InChI is InChI=1S/C25H45N5O2/c1-6-26-25(27-18-22(4)20-30-13-11-29(7-2)12-14-30)28-19-23-10-9-21(3)17-24(23)32-16-8-15-31-5/h9-10,17,22H,6-8,11-16,18-20H2,1-5H3,(H2,26,27,28). The number of nitrogens with one attached hydrogen (secondary N) is 2. The second-order valence-corrected chi connectivity index (χ2v) is 8.72. The molecule has 0 bridgehead atoms. The first-order valence-electron chi connectivity index (χ1n) is 12.2. The van der Waals surface area contributed by atoms with Crippen LogP contribution in [0.2, 0.25) is 0 Å². The highest BCUT2D eigenvalue weighted by molar-refractivity contribution is 5.79. The Hall–Kier alpha value is -1.83. The van der Waals surface area contributed by atoms with E-state index in [0.29, 0.717) is 25.7 Å². The molecule has 0 aromatic heterocycles. The molecule has 1 aromatic rings. The van der Waals surface area contributed by atoms with Crippen LogP contribution >= 0.6 is 0 Å². The number of ether oxygens (including phenoxy) is 2. The average molecular weight is 448 g/mol. The third-order valence-electron chi connectivity index (χ3n) is 5.82. The maximum Gasteiger partial charge on any atom is 0.191 e. The number of guanidine groups is 1. The highest BCUT2D eigenvalue weighted by Gasteiger charge is 2.17. The van der Waals surface area contributed by atoms with Crippen LogP contribution in [-0.2, 0) is 11.3 Å². The van der Waals surface area contributed by atoms with Crippen LogP contribution in [0, 0.1) is 12.8 Å². The molecule has 1 unspecified atom stereocenters. The van der Waals surface area contributed by atoms with Crippen molar-refractivity contribution < 1.29 is 9.47 Å². The molecule has 2 N–H and O–H groups in total. The molecule has 1 aliphatic rings. The van der Waals surface area contributed by atoms with Crippen LogP contribution in [0.3, 0.4) is 0 Å². The van der Waals surface area contributed by atoms with E-state index >= 15 is 0 Å². The zero-order valence-corrected chi connectivity index (χ0v) is 21.0. The largest absolute Gasteiger partial charge is 0.493 e. The van der Waals surface area contributed by atoms with E-state index in [0.717, 1.165) is 49.9 Å². The number of nitrogens with zero attached hydrogens (tertiary/aromatic N) is 3. The van der Waals surface area contributed by atoms with E-state index in [4.69, 9.17) is 14.5 Å². The number of aliphatic imine (C=N–C) groups is 1. The van der Waals surface area contributed by atoms with Gasteiger partial charge in [-0.2, -0.15) is 0 Å². The van der Waals surface area contributed by atoms with E-state index in [-0.39, 0.29) is 0 Å². The van der Waals surface area contributed by atoms with Gasteiger partial charge in [0.05, 0.1) is 13.2 Å². The second kappa shape index (κ2) is 15.1. The second-order valence-electron chi connectivity index (χ2n) is 8.72. The van der Waals surface area contributed by atoms with Crippen molar-refractivity contribution in [2.45, 2.75) is 40.7 Å². The van der Waals surface area contributed by atoms with Crippen molar-refractivity contribution in [2.24, 2.45) is 10.9 Å². The van der Waals surface area contributed by atoms with Gasteiger partial charge in [0, 0.05) is 71.5 Å². The van der Waals surface area contributed by atoms with Gasteiger partial charge in [-0.1, -0.05) is 26.0 Å². The van der Waals surface area contributed by atoms with Crippen LogP contribution in [0.1, 0.15) is 38.3 Å². The fourth-order valence-corrected chi connectivity index (χ4v) is 3.88. The van der Waals surface area contributed by atoms with E-state index in [9.17, 15) is 0 Å². The lowest BCUT2D eigenvalue weighted by atomic mass is 10.1. The first-order chi connectivity index (χ1) is 15.5. The van der Waals surface area contributed by atoms with Gasteiger partial charge in [-0.3, -0.25) is 0 Å². The number of piperazine rings is 1. The molecule has 0 spiro atoms. The molecule has 7 nitrogen and oxygen atoms in total. The summed E-state index contributed by atoms with van der Waals surface area (Å²) in [6.07, 6.45) is 0.878. The van der Waals surface area contributed by atoms with Gasteiger partial charge >= 0.3 is 0 Å². The molecule has 1 saturated heterocycles. The monoisotopic (exact) mass is 447 g/mol. The number of hydrogen-bond acceptors (Lipinski definition) is 5. The molecule has 1 fully saturated rings. The predicted molar refractivity (Wildman–Crippen MR) is 134 cm³/mol. The summed E-state index contributed by atoms with van der Waals surface area (Å²) in [7, 11) is 1.72. The maximum absolute atomic E-state index is 6.01. The van der Waals surface area contributed by atoms with Crippen LogP contribution in [0.25, 0.3) is 0 Å². The van der Waals surface area contributed by atoms with Crippen LogP contribution < -0.4 is 15.4 Å². The summed E-state index contributed by atoms with van der Waals surface area (Å²) >= 11 is 0. The van der Waals surface area contributed by atoms with Gasteiger partial charge in [0.25, 0.3) is 0 Å². The number of rotatable bonds is 13. The lowest BCUT2D eigenvalue weighted by Crippen LogP contribution is -2.48. The van der Waals surface area contributed by atoms with Gasteiger partial charge < -0.3 is 29.9 Å². The molecule has 1 atom stereocenters. The smallest absolute Gasteiger partial charge is 0.191 e.